The number of morpholine rings is 1. The highest BCUT2D eigenvalue weighted by Gasteiger charge is 2.34. The quantitative estimate of drug-likeness (QED) is 0.846. The van der Waals surface area contributed by atoms with Crippen LogP contribution in [-0.2, 0) is 10.3 Å². The smallest absolute Gasteiger partial charge is 0.231 e. The van der Waals surface area contributed by atoms with Crippen molar-refractivity contribution < 1.29 is 14.2 Å². The highest BCUT2D eigenvalue weighted by Crippen LogP contribution is 2.38. The van der Waals surface area contributed by atoms with E-state index in [0.29, 0.717) is 6.79 Å². The molecule has 4 nitrogen and oxygen atoms in total. The van der Waals surface area contributed by atoms with Gasteiger partial charge in [-0.25, -0.2) is 0 Å². The summed E-state index contributed by atoms with van der Waals surface area (Å²) in [6.45, 7) is 4.99. The number of rotatable bonds is 2. The maximum atomic E-state index is 6.00. The second-order valence-corrected chi connectivity index (χ2v) is 4.44. The van der Waals surface area contributed by atoms with E-state index in [1.165, 1.54) is 0 Å². The van der Waals surface area contributed by atoms with Crippen LogP contribution in [0, 0.1) is 0 Å². The Hall–Kier alpha value is -1.26. The van der Waals surface area contributed by atoms with E-state index in [2.05, 4.69) is 18.3 Å². The van der Waals surface area contributed by atoms with E-state index < -0.39 is 0 Å². The third-order valence-electron chi connectivity index (χ3n) is 3.54. The summed E-state index contributed by atoms with van der Waals surface area (Å²) >= 11 is 0. The average Bonchev–Trinajstić information content (AvgIpc) is 2.86. The molecule has 1 N–H and O–H groups in total. The molecule has 1 atom stereocenters. The fraction of sp³-hybridized carbons (Fsp3) is 0.538. The summed E-state index contributed by atoms with van der Waals surface area (Å²) in [5, 5.41) is 3.40. The zero-order valence-electron chi connectivity index (χ0n) is 9.99. The standard InChI is InChI=1S/C13H17NO3/c1-2-13(8-14-5-6-17-13)10-3-4-11-12(7-10)16-9-15-11/h3-4,7,14H,2,5-6,8-9H2,1H3. The van der Waals surface area contributed by atoms with Crippen LogP contribution < -0.4 is 14.8 Å². The lowest BCUT2D eigenvalue weighted by atomic mass is 9.89. The van der Waals surface area contributed by atoms with Gasteiger partial charge in [0.15, 0.2) is 11.5 Å². The van der Waals surface area contributed by atoms with E-state index in [-0.39, 0.29) is 5.60 Å². The van der Waals surface area contributed by atoms with Crippen LogP contribution in [0.25, 0.3) is 0 Å². The van der Waals surface area contributed by atoms with Crippen LogP contribution in [0.2, 0.25) is 0 Å². The molecule has 1 fully saturated rings. The van der Waals surface area contributed by atoms with Gasteiger partial charge in [-0.05, 0) is 24.1 Å². The lowest BCUT2D eigenvalue weighted by Crippen LogP contribution is -2.47. The molecule has 2 aliphatic rings. The molecule has 0 amide bonds. The van der Waals surface area contributed by atoms with Crippen molar-refractivity contribution in [1.82, 2.24) is 5.32 Å². The van der Waals surface area contributed by atoms with Crippen molar-refractivity contribution in [3.8, 4) is 11.5 Å². The molecular weight excluding hydrogens is 218 g/mol. The molecule has 17 heavy (non-hydrogen) atoms. The molecule has 92 valence electrons. The maximum absolute atomic E-state index is 6.00. The Bertz CT molecular complexity index is 413. The summed E-state index contributed by atoms with van der Waals surface area (Å²) in [7, 11) is 0. The van der Waals surface area contributed by atoms with E-state index in [4.69, 9.17) is 14.2 Å². The van der Waals surface area contributed by atoms with Crippen molar-refractivity contribution in [2.24, 2.45) is 0 Å². The van der Waals surface area contributed by atoms with Crippen molar-refractivity contribution >= 4 is 0 Å². The van der Waals surface area contributed by atoms with E-state index in [1.54, 1.807) is 0 Å². The number of ether oxygens (including phenoxy) is 3. The first-order chi connectivity index (χ1) is 8.34. The van der Waals surface area contributed by atoms with Gasteiger partial charge in [0.1, 0.15) is 5.60 Å². The Morgan fingerprint density at radius 1 is 1.29 bits per heavy atom. The van der Waals surface area contributed by atoms with Crippen LogP contribution in [0.3, 0.4) is 0 Å². The van der Waals surface area contributed by atoms with E-state index in [0.717, 1.165) is 43.2 Å². The highest BCUT2D eigenvalue weighted by molar-refractivity contribution is 5.46. The third-order valence-corrected chi connectivity index (χ3v) is 3.54. The predicted molar refractivity (Wildman–Crippen MR) is 63.4 cm³/mol. The van der Waals surface area contributed by atoms with Crippen molar-refractivity contribution in [2.45, 2.75) is 18.9 Å². The number of hydrogen-bond acceptors (Lipinski definition) is 4. The van der Waals surface area contributed by atoms with Gasteiger partial charge in [0, 0.05) is 13.1 Å². The second kappa shape index (κ2) is 4.20. The van der Waals surface area contributed by atoms with Crippen LogP contribution in [0.15, 0.2) is 18.2 Å². The third kappa shape index (κ3) is 1.77. The van der Waals surface area contributed by atoms with Crippen molar-refractivity contribution in [1.29, 1.82) is 0 Å². The Labute approximate surface area is 101 Å². The SMILES string of the molecule is CCC1(c2ccc3c(c2)OCO3)CNCCO1. The highest BCUT2D eigenvalue weighted by atomic mass is 16.7. The Balaban J connectivity index is 1.96. The number of nitrogens with one attached hydrogen (secondary N) is 1. The van der Waals surface area contributed by atoms with Gasteiger partial charge in [-0.3, -0.25) is 0 Å². The lowest BCUT2D eigenvalue weighted by Gasteiger charge is -2.37. The fourth-order valence-electron chi connectivity index (χ4n) is 2.46. The fourth-order valence-corrected chi connectivity index (χ4v) is 2.46. The van der Waals surface area contributed by atoms with Crippen LogP contribution in [-0.4, -0.2) is 26.5 Å². The molecule has 0 bridgehead atoms. The van der Waals surface area contributed by atoms with Crippen LogP contribution >= 0.6 is 0 Å². The molecular formula is C13H17NO3. The van der Waals surface area contributed by atoms with Gasteiger partial charge in [-0.15, -0.1) is 0 Å². The van der Waals surface area contributed by atoms with Gasteiger partial charge >= 0.3 is 0 Å². The van der Waals surface area contributed by atoms with Gasteiger partial charge in [0.25, 0.3) is 0 Å². The van der Waals surface area contributed by atoms with Gasteiger partial charge < -0.3 is 19.5 Å². The zero-order valence-corrected chi connectivity index (χ0v) is 9.99. The largest absolute Gasteiger partial charge is 0.454 e. The number of hydrogen-bond donors (Lipinski definition) is 1. The van der Waals surface area contributed by atoms with E-state index >= 15 is 0 Å². The molecule has 0 aliphatic carbocycles. The summed E-state index contributed by atoms with van der Waals surface area (Å²) < 4.78 is 16.8. The molecule has 3 rings (SSSR count). The van der Waals surface area contributed by atoms with Gasteiger partial charge in [0.2, 0.25) is 6.79 Å². The molecule has 0 spiro atoms. The topological polar surface area (TPSA) is 39.7 Å². The summed E-state index contributed by atoms with van der Waals surface area (Å²) in [5.74, 6) is 1.65. The molecule has 1 unspecified atom stereocenters. The van der Waals surface area contributed by atoms with Gasteiger partial charge in [-0.2, -0.15) is 0 Å². The molecule has 2 aliphatic heterocycles. The minimum atomic E-state index is -0.223. The zero-order chi connectivity index (χ0) is 11.7. The van der Waals surface area contributed by atoms with Crippen molar-refractivity contribution in [3.05, 3.63) is 23.8 Å². The molecule has 1 aromatic rings. The van der Waals surface area contributed by atoms with E-state index in [1.807, 2.05) is 12.1 Å². The average molecular weight is 235 g/mol. The van der Waals surface area contributed by atoms with Gasteiger partial charge in [0.05, 0.1) is 6.61 Å². The first kappa shape index (κ1) is 10.9. The maximum Gasteiger partial charge on any atom is 0.231 e. The summed E-state index contributed by atoms with van der Waals surface area (Å²) in [4.78, 5) is 0. The minimum absolute atomic E-state index is 0.223. The Morgan fingerprint density at radius 2 is 2.18 bits per heavy atom. The molecule has 1 saturated heterocycles. The lowest BCUT2D eigenvalue weighted by molar-refractivity contribution is -0.0737. The normalized spacial score (nSPS) is 27.1. The van der Waals surface area contributed by atoms with Crippen LogP contribution in [0.5, 0.6) is 11.5 Å². The minimum Gasteiger partial charge on any atom is -0.454 e. The molecule has 4 heteroatoms. The predicted octanol–water partition coefficient (Wildman–Crippen LogP) is 1.64. The van der Waals surface area contributed by atoms with E-state index in [9.17, 15) is 0 Å². The first-order valence-corrected chi connectivity index (χ1v) is 6.09. The molecule has 0 radical (unpaired) electrons. The Kier molecular flexibility index (Phi) is 2.68. The monoisotopic (exact) mass is 235 g/mol. The van der Waals surface area contributed by atoms with Crippen molar-refractivity contribution in [3.63, 3.8) is 0 Å². The summed E-state index contributed by atoms with van der Waals surface area (Å²) in [6, 6.07) is 6.08. The molecule has 0 saturated carbocycles. The number of fused-ring (bicyclic) bond motifs is 1. The summed E-state index contributed by atoms with van der Waals surface area (Å²) in [5.41, 5.74) is 0.940. The summed E-state index contributed by atoms with van der Waals surface area (Å²) in [6.07, 6.45) is 0.944. The van der Waals surface area contributed by atoms with Crippen LogP contribution in [0.4, 0.5) is 0 Å². The molecule has 2 heterocycles. The van der Waals surface area contributed by atoms with Gasteiger partial charge in [-0.1, -0.05) is 13.0 Å². The first-order valence-electron chi connectivity index (χ1n) is 6.09. The Morgan fingerprint density at radius 3 is 2.94 bits per heavy atom. The second-order valence-electron chi connectivity index (χ2n) is 4.44. The number of benzene rings is 1. The molecule has 0 aromatic heterocycles. The van der Waals surface area contributed by atoms with Crippen molar-refractivity contribution in [2.75, 3.05) is 26.5 Å². The molecule has 1 aromatic carbocycles. The van der Waals surface area contributed by atoms with Crippen LogP contribution in [0.1, 0.15) is 18.9 Å².